The van der Waals surface area contributed by atoms with E-state index in [1.165, 1.54) is 10.8 Å². The van der Waals surface area contributed by atoms with E-state index in [1.54, 1.807) is 0 Å². The van der Waals surface area contributed by atoms with Crippen LogP contribution in [0.25, 0.3) is 21.8 Å². The number of H-pyrrole nitrogens is 1. The highest BCUT2D eigenvalue weighted by atomic mass is 19.1. The molecule has 1 aromatic heterocycles. The van der Waals surface area contributed by atoms with Crippen LogP contribution in [0.4, 0.5) is 4.39 Å². The van der Waals surface area contributed by atoms with E-state index in [2.05, 4.69) is 22.0 Å². The lowest BCUT2D eigenvalue weighted by Crippen LogP contribution is -2.43. The maximum absolute atomic E-state index is 14.6. The Bertz CT molecular complexity index is 972. The van der Waals surface area contributed by atoms with Crippen LogP contribution in [0.3, 0.4) is 0 Å². The summed E-state index contributed by atoms with van der Waals surface area (Å²) in [7, 11) is 0. The van der Waals surface area contributed by atoms with Crippen LogP contribution in [0.2, 0.25) is 0 Å². The minimum absolute atomic E-state index is 0. The number of rotatable bonds is 3. The molecule has 3 aliphatic rings. The molecule has 0 amide bonds. The molecule has 3 nitrogen and oxygen atoms in total. The fraction of sp³-hybridized carbons (Fsp3) is 0.333. The summed E-state index contributed by atoms with van der Waals surface area (Å²) in [6, 6.07) is 14.2. The van der Waals surface area contributed by atoms with Gasteiger partial charge in [0, 0.05) is 28.9 Å². The van der Waals surface area contributed by atoms with Gasteiger partial charge in [-0.25, -0.2) is 4.39 Å². The Hall–Kier alpha value is -2.27. The smallest absolute Gasteiger partial charge is 0.140 e. The number of fused-ring (bicyclic) bond motifs is 6. The summed E-state index contributed by atoms with van der Waals surface area (Å²) >= 11 is 0. The summed E-state index contributed by atoms with van der Waals surface area (Å²) in [5.41, 5.74) is 3.09. The molecule has 5 heteroatoms. The predicted octanol–water partition coefficient (Wildman–Crippen LogP) is 3.47. The maximum Gasteiger partial charge on any atom is 0.140 e. The highest BCUT2D eigenvalue weighted by molar-refractivity contribution is 6.07. The Labute approximate surface area is 154 Å². The molecule has 0 spiro atoms. The van der Waals surface area contributed by atoms with Gasteiger partial charge in [0.05, 0.1) is 13.9 Å². The van der Waals surface area contributed by atoms with Crippen molar-refractivity contribution in [2.45, 2.75) is 12.8 Å². The zero-order chi connectivity index (χ0) is 16.8. The van der Waals surface area contributed by atoms with E-state index < -0.39 is 0 Å². The average Bonchev–Trinajstić information content (AvgIpc) is 3.04. The largest absolute Gasteiger partial charge is 0.486 e. The number of benzene rings is 2. The number of para-hydroxylation sites is 1. The van der Waals surface area contributed by atoms with Crippen LogP contribution < -0.4 is 4.74 Å². The molecule has 6 rings (SSSR count). The zero-order valence-electron chi connectivity index (χ0n) is 14.1. The fourth-order valence-electron chi connectivity index (χ4n) is 4.28. The molecule has 26 heavy (non-hydrogen) atoms. The highest BCUT2D eigenvalue weighted by Crippen LogP contribution is 2.34. The van der Waals surface area contributed by atoms with Crippen molar-refractivity contribution in [2.75, 3.05) is 26.2 Å². The van der Waals surface area contributed by atoms with Gasteiger partial charge in [-0.05, 0) is 55.6 Å². The van der Waals surface area contributed by atoms with Gasteiger partial charge in [0.1, 0.15) is 18.2 Å². The molecule has 0 radical (unpaired) electrons. The molecule has 0 atom stereocenters. The van der Waals surface area contributed by atoms with Crippen molar-refractivity contribution >= 4 is 30.2 Å². The summed E-state index contributed by atoms with van der Waals surface area (Å²) in [6.07, 6.45) is 2.17. The molecule has 3 aliphatic heterocycles. The van der Waals surface area contributed by atoms with Crippen LogP contribution in [0, 0.1) is 5.92 Å². The first-order valence-corrected chi connectivity index (χ1v) is 9.01. The molecule has 134 valence electrons. The third-order valence-electron chi connectivity index (χ3n) is 5.67. The third kappa shape index (κ3) is 2.90. The van der Waals surface area contributed by atoms with E-state index in [-0.39, 0.29) is 20.8 Å². The second kappa shape index (κ2) is 6.80. The van der Waals surface area contributed by atoms with Gasteiger partial charge in [0.2, 0.25) is 0 Å². The van der Waals surface area contributed by atoms with Crippen LogP contribution in [0.5, 0.6) is 5.75 Å². The quantitative estimate of drug-likeness (QED) is 0.733. The number of nitrogens with one attached hydrogen (secondary N) is 1. The molecule has 4 heterocycles. The topological polar surface area (TPSA) is 28.3 Å². The van der Waals surface area contributed by atoms with Crippen molar-refractivity contribution in [3.63, 3.8) is 0 Å². The Kier molecular flexibility index (Phi) is 4.49. The second-order valence-electron chi connectivity index (χ2n) is 7.15. The van der Waals surface area contributed by atoms with Gasteiger partial charge in [-0.15, -0.1) is 0 Å². The van der Waals surface area contributed by atoms with E-state index in [0.29, 0.717) is 11.7 Å². The van der Waals surface area contributed by atoms with Crippen LogP contribution >= 0.6 is 0 Å². The summed E-state index contributed by atoms with van der Waals surface area (Å²) in [5, 5.41) is 2.36. The van der Waals surface area contributed by atoms with Crippen LogP contribution in [-0.2, 0) is 0 Å². The van der Waals surface area contributed by atoms with Gasteiger partial charge < -0.3 is 9.72 Å². The fourth-order valence-corrected chi connectivity index (χ4v) is 4.28. The van der Waals surface area contributed by atoms with Crippen LogP contribution in [-0.4, -0.2) is 44.5 Å². The minimum Gasteiger partial charge on any atom is -0.486 e. The third-order valence-corrected chi connectivity index (χ3v) is 5.67. The maximum atomic E-state index is 14.6. The summed E-state index contributed by atoms with van der Waals surface area (Å²) < 4.78 is 20.4. The summed E-state index contributed by atoms with van der Waals surface area (Å²) in [5.74, 6) is 1.05. The van der Waals surface area contributed by atoms with Gasteiger partial charge in [-0.3, -0.25) is 4.90 Å². The van der Waals surface area contributed by atoms with Crippen molar-refractivity contribution in [3.05, 3.63) is 53.9 Å². The number of ether oxygens (including phenoxy) is 1. The molecule has 2 aromatic carbocycles. The van der Waals surface area contributed by atoms with E-state index in [4.69, 9.17) is 4.74 Å². The van der Waals surface area contributed by atoms with Gasteiger partial charge in [-0.1, -0.05) is 18.2 Å². The first-order chi connectivity index (χ1) is 12.3. The molecule has 3 saturated heterocycles. The normalized spacial score (nSPS) is 23.9. The lowest BCUT2D eigenvalue weighted by atomic mass is 9.83. The Morgan fingerprint density at radius 3 is 2.62 bits per heavy atom. The van der Waals surface area contributed by atoms with Gasteiger partial charge in [0.25, 0.3) is 0 Å². The first-order valence-electron chi connectivity index (χ1n) is 9.01. The van der Waals surface area contributed by atoms with Crippen molar-refractivity contribution in [2.24, 2.45) is 5.92 Å². The van der Waals surface area contributed by atoms with Crippen LogP contribution in [0.15, 0.2) is 53.9 Å². The van der Waals surface area contributed by atoms with E-state index in [9.17, 15) is 4.39 Å². The second-order valence-corrected chi connectivity index (χ2v) is 7.15. The molecular weight excluding hydrogens is 326 g/mol. The number of nitrogens with zero attached hydrogens (tertiary/aromatic N) is 1. The van der Waals surface area contributed by atoms with E-state index in [0.717, 1.165) is 49.1 Å². The van der Waals surface area contributed by atoms with Crippen molar-refractivity contribution in [3.8, 4) is 5.75 Å². The minimum atomic E-state index is -0.0776. The van der Waals surface area contributed by atoms with Crippen molar-refractivity contribution in [1.82, 2.24) is 9.88 Å². The number of aromatic nitrogens is 1. The summed E-state index contributed by atoms with van der Waals surface area (Å²) in [6.45, 7) is 3.03. The number of piperidine rings is 3. The SMILES string of the molecule is B.FC(COc1ccc2c(c1)[nH]c1ccccc12)=C1CN2CCC1CC2. The molecule has 0 unspecified atom stereocenters. The van der Waals surface area contributed by atoms with Gasteiger partial charge >= 0.3 is 0 Å². The lowest BCUT2D eigenvalue weighted by molar-refractivity contribution is 0.154. The Morgan fingerprint density at radius 2 is 1.85 bits per heavy atom. The monoisotopic (exact) mass is 350 g/mol. The number of aromatic amines is 1. The van der Waals surface area contributed by atoms with Crippen molar-refractivity contribution in [1.29, 1.82) is 0 Å². The van der Waals surface area contributed by atoms with E-state index in [1.807, 2.05) is 30.3 Å². The lowest BCUT2D eigenvalue weighted by Gasteiger charge is -2.41. The van der Waals surface area contributed by atoms with Gasteiger partial charge in [0.15, 0.2) is 0 Å². The highest BCUT2D eigenvalue weighted by Gasteiger charge is 2.31. The molecule has 2 bridgehead atoms. The molecule has 3 aromatic rings. The van der Waals surface area contributed by atoms with Crippen molar-refractivity contribution < 1.29 is 9.13 Å². The average molecular weight is 350 g/mol. The number of halogens is 1. The zero-order valence-corrected chi connectivity index (χ0v) is 14.1. The molecule has 0 aliphatic carbocycles. The summed E-state index contributed by atoms with van der Waals surface area (Å²) in [4.78, 5) is 5.74. The van der Waals surface area contributed by atoms with Gasteiger partial charge in [-0.2, -0.15) is 0 Å². The molecule has 3 fully saturated rings. The molecule has 0 saturated carbocycles. The van der Waals surface area contributed by atoms with E-state index >= 15 is 0 Å². The Balaban J connectivity index is 0.00000168. The number of hydrogen-bond acceptors (Lipinski definition) is 2. The molecule has 1 N–H and O–H groups in total. The Morgan fingerprint density at radius 1 is 1.08 bits per heavy atom. The first kappa shape index (κ1) is 17.2. The standard InChI is InChI=1S/C21H21FN2O.BH3/c22-19(18-12-24-9-7-14(18)8-10-24)13-25-15-5-6-17-16-3-1-2-4-20(16)23-21(17)11-15;/h1-6,11,14,23H,7-10,12-13H2;1H3. The number of hydrogen-bond donors (Lipinski definition) is 1. The molecular formula is C21H24BFN2O. The van der Waals surface area contributed by atoms with Crippen LogP contribution in [0.1, 0.15) is 12.8 Å². The predicted molar refractivity (Wildman–Crippen MR) is 109 cm³/mol.